The van der Waals surface area contributed by atoms with Crippen LogP contribution in [-0.4, -0.2) is 15.7 Å². The monoisotopic (exact) mass is 203 g/mol. The number of rotatable bonds is 3. The van der Waals surface area contributed by atoms with Crippen molar-refractivity contribution in [1.29, 1.82) is 0 Å². The van der Waals surface area contributed by atoms with Crippen LogP contribution in [0.25, 0.3) is 11.0 Å². The van der Waals surface area contributed by atoms with E-state index in [9.17, 15) is 0 Å². The number of aromatic nitrogens is 2. The Bertz CT molecular complexity index is 487. The quantitative estimate of drug-likeness (QED) is 0.823. The van der Waals surface area contributed by atoms with Gasteiger partial charge in [-0.25, -0.2) is 0 Å². The van der Waals surface area contributed by atoms with Crippen LogP contribution in [-0.2, 0) is 6.42 Å². The van der Waals surface area contributed by atoms with E-state index in [0.717, 1.165) is 42.3 Å². The van der Waals surface area contributed by atoms with Crippen LogP contribution in [0.5, 0.6) is 0 Å². The molecule has 4 nitrogen and oxygen atoms in total. The average molecular weight is 203 g/mol. The molecular weight excluding hydrogens is 190 g/mol. The minimum atomic E-state index is 0.0769. The summed E-state index contributed by atoms with van der Waals surface area (Å²) in [6.07, 6.45) is 7.67. The van der Waals surface area contributed by atoms with Crippen molar-refractivity contribution in [3.05, 3.63) is 24.2 Å². The first-order chi connectivity index (χ1) is 7.27. The standard InChI is InChI=1S/C11H13N3O/c12-11(4-5-11)3-1-9-8-7-13-6-2-10(8)15-14-9/h2,6-7H,1,3-5,12H2. The summed E-state index contributed by atoms with van der Waals surface area (Å²) < 4.78 is 5.20. The lowest BCUT2D eigenvalue weighted by molar-refractivity contribution is 0.441. The molecule has 78 valence electrons. The Morgan fingerprint density at radius 3 is 3.13 bits per heavy atom. The molecule has 0 unspecified atom stereocenters. The Kier molecular flexibility index (Phi) is 1.79. The maximum absolute atomic E-state index is 6.03. The summed E-state index contributed by atoms with van der Waals surface area (Å²) in [5.74, 6) is 0. The van der Waals surface area contributed by atoms with Gasteiger partial charge in [0.25, 0.3) is 0 Å². The number of aryl methyl sites for hydroxylation is 1. The van der Waals surface area contributed by atoms with E-state index < -0.39 is 0 Å². The van der Waals surface area contributed by atoms with Crippen molar-refractivity contribution in [3.8, 4) is 0 Å². The zero-order valence-electron chi connectivity index (χ0n) is 8.44. The highest BCUT2D eigenvalue weighted by molar-refractivity contribution is 5.77. The van der Waals surface area contributed by atoms with Crippen LogP contribution in [0.2, 0.25) is 0 Å². The molecule has 15 heavy (non-hydrogen) atoms. The lowest BCUT2D eigenvalue weighted by atomic mass is 10.1. The van der Waals surface area contributed by atoms with Gasteiger partial charge in [-0.05, 0) is 25.7 Å². The van der Waals surface area contributed by atoms with E-state index in [1.165, 1.54) is 0 Å². The highest BCUT2D eigenvalue weighted by Crippen LogP contribution is 2.36. The molecule has 0 aromatic carbocycles. The van der Waals surface area contributed by atoms with Crippen molar-refractivity contribution < 1.29 is 4.52 Å². The minimum Gasteiger partial charge on any atom is -0.356 e. The van der Waals surface area contributed by atoms with Crippen molar-refractivity contribution >= 4 is 11.0 Å². The second kappa shape index (κ2) is 3.03. The van der Waals surface area contributed by atoms with E-state index in [0.29, 0.717) is 0 Å². The first kappa shape index (κ1) is 8.85. The van der Waals surface area contributed by atoms with Gasteiger partial charge < -0.3 is 10.3 Å². The van der Waals surface area contributed by atoms with Crippen LogP contribution in [0.4, 0.5) is 0 Å². The summed E-state index contributed by atoms with van der Waals surface area (Å²) in [4.78, 5) is 4.07. The van der Waals surface area contributed by atoms with Crippen LogP contribution in [0.3, 0.4) is 0 Å². The normalized spacial score (nSPS) is 18.2. The molecule has 1 aliphatic rings. The molecule has 4 heteroatoms. The fourth-order valence-corrected chi connectivity index (χ4v) is 1.79. The number of fused-ring (bicyclic) bond motifs is 1. The van der Waals surface area contributed by atoms with Crippen LogP contribution >= 0.6 is 0 Å². The Balaban J connectivity index is 1.84. The molecule has 2 heterocycles. The molecular formula is C11H13N3O. The predicted octanol–water partition coefficient (Wildman–Crippen LogP) is 1.65. The van der Waals surface area contributed by atoms with Crippen LogP contribution in [0, 0.1) is 0 Å². The number of nitrogens with zero attached hydrogens (tertiary/aromatic N) is 2. The molecule has 0 spiro atoms. The second-order valence-electron chi connectivity index (χ2n) is 4.36. The van der Waals surface area contributed by atoms with Gasteiger partial charge in [-0.15, -0.1) is 0 Å². The topological polar surface area (TPSA) is 64.9 Å². The molecule has 0 saturated heterocycles. The summed E-state index contributed by atoms with van der Waals surface area (Å²) in [7, 11) is 0. The van der Waals surface area contributed by atoms with Crippen molar-refractivity contribution in [2.75, 3.05) is 0 Å². The molecule has 3 rings (SSSR count). The minimum absolute atomic E-state index is 0.0769. The van der Waals surface area contributed by atoms with Crippen molar-refractivity contribution in [1.82, 2.24) is 10.1 Å². The Hall–Kier alpha value is -1.42. The van der Waals surface area contributed by atoms with Gasteiger partial charge in [-0.1, -0.05) is 5.16 Å². The predicted molar refractivity (Wildman–Crippen MR) is 56.3 cm³/mol. The van der Waals surface area contributed by atoms with Crippen molar-refractivity contribution in [2.24, 2.45) is 5.73 Å². The van der Waals surface area contributed by atoms with E-state index in [1.54, 1.807) is 12.4 Å². The molecule has 0 bridgehead atoms. The molecule has 0 radical (unpaired) electrons. The van der Waals surface area contributed by atoms with Gasteiger partial charge in [-0.3, -0.25) is 4.98 Å². The Morgan fingerprint density at radius 1 is 1.47 bits per heavy atom. The highest BCUT2D eigenvalue weighted by Gasteiger charge is 2.37. The van der Waals surface area contributed by atoms with Gasteiger partial charge in [0, 0.05) is 24.0 Å². The third kappa shape index (κ3) is 1.61. The second-order valence-corrected chi connectivity index (χ2v) is 4.36. The van der Waals surface area contributed by atoms with Crippen LogP contribution < -0.4 is 5.73 Å². The van der Waals surface area contributed by atoms with Gasteiger partial charge in [0.05, 0.1) is 11.1 Å². The van der Waals surface area contributed by atoms with Crippen molar-refractivity contribution in [3.63, 3.8) is 0 Å². The summed E-state index contributed by atoms with van der Waals surface area (Å²) in [5.41, 5.74) is 7.90. The zero-order valence-corrected chi connectivity index (χ0v) is 8.44. The highest BCUT2D eigenvalue weighted by atomic mass is 16.5. The Labute approximate surface area is 87.5 Å². The van der Waals surface area contributed by atoms with Gasteiger partial charge in [0.2, 0.25) is 0 Å². The summed E-state index contributed by atoms with van der Waals surface area (Å²) in [6, 6.07) is 1.83. The van der Waals surface area contributed by atoms with Gasteiger partial charge >= 0.3 is 0 Å². The smallest absolute Gasteiger partial charge is 0.170 e. The maximum atomic E-state index is 6.03. The van der Waals surface area contributed by atoms with E-state index in [4.69, 9.17) is 10.3 Å². The molecule has 0 atom stereocenters. The number of hydrogen-bond donors (Lipinski definition) is 1. The third-order valence-corrected chi connectivity index (χ3v) is 3.10. The molecule has 1 saturated carbocycles. The van der Waals surface area contributed by atoms with Gasteiger partial charge in [-0.2, -0.15) is 0 Å². The van der Waals surface area contributed by atoms with Crippen molar-refractivity contribution in [2.45, 2.75) is 31.2 Å². The number of pyridine rings is 1. The Morgan fingerprint density at radius 2 is 2.33 bits per heavy atom. The third-order valence-electron chi connectivity index (χ3n) is 3.10. The first-order valence-electron chi connectivity index (χ1n) is 5.24. The fraction of sp³-hybridized carbons (Fsp3) is 0.455. The lowest BCUT2D eigenvalue weighted by Crippen LogP contribution is -2.22. The molecule has 1 fully saturated rings. The van der Waals surface area contributed by atoms with E-state index in [1.807, 2.05) is 6.07 Å². The SMILES string of the molecule is NC1(CCc2noc3ccncc23)CC1. The maximum Gasteiger partial charge on any atom is 0.170 e. The summed E-state index contributed by atoms with van der Waals surface area (Å²) in [6.45, 7) is 0. The van der Waals surface area contributed by atoms with E-state index in [2.05, 4.69) is 10.1 Å². The zero-order chi connectivity index (χ0) is 10.3. The molecule has 2 aromatic heterocycles. The molecule has 2 N–H and O–H groups in total. The largest absolute Gasteiger partial charge is 0.356 e. The summed E-state index contributed by atoms with van der Waals surface area (Å²) >= 11 is 0. The van der Waals surface area contributed by atoms with Crippen LogP contribution in [0.1, 0.15) is 25.0 Å². The number of nitrogens with two attached hydrogens (primary N) is 1. The van der Waals surface area contributed by atoms with Crippen LogP contribution in [0.15, 0.2) is 23.0 Å². The van der Waals surface area contributed by atoms with Gasteiger partial charge in [0.1, 0.15) is 0 Å². The molecule has 2 aromatic rings. The average Bonchev–Trinajstić information content (AvgIpc) is 2.86. The molecule has 1 aliphatic carbocycles. The lowest BCUT2D eigenvalue weighted by Gasteiger charge is -2.05. The molecule has 0 aliphatic heterocycles. The van der Waals surface area contributed by atoms with E-state index >= 15 is 0 Å². The summed E-state index contributed by atoms with van der Waals surface area (Å²) in [5, 5.41) is 5.07. The first-order valence-corrected chi connectivity index (χ1v) is 5.24. The van der Waals surface area contributed by atoms with Gasteiger partial charge in [0.15, 0.2) is 5.58 Å². The van der Waals surface area contributed by atoms with E-state index in [-0.39, 0.29) is 5.54 Å². The number of hydrogen-bond acceptors (Lipinski definition) is 4. The molecule has 0 amide bonds. The fourth-order valence-electron chi connectivity index (χ4n) is 1.79.